The Morgan fingerprint density at radius 2 is 0.867 bits per heavy atom. The second-order valence-corrected chi connectivity index (χ2v) is 5.51. The van der Waals surface area contributed by atoms with Crippen molar-refractivity contribution in [2.45, 2.75) is 0 Å². The Morgan fingerprint density at radius 3 is 1.00 bits per heavy atom. The van der Waals surface area contributed by atoms with Crippen LogP contribution in [0.5, 0.6) is 0 Å². The van der Waals surface area contributed by atoms with Gasteiger partial charge in [0.2, 0.25) is 0 Å². The summed E-state index contributed by atoms with van der Waals surface area (Å²) in [5.41, 5.74) is 0. The van der Waals surface area contributed by atoms with E-state index in [0.29, 0.717) is 0 Å². The number of hydrogen-bond donors (Lipinski definition) is 0. The molecule has 0 aliphatic heterocycles. The van der Waals surface area contributed by atoms with Gasteiger partial charge in [0, 0.05) is 12.4 Å². The average Bonchev–Trinajstić information content (AvgIpc) is 2.35. The first-order valence-electron chi connectivity index (χ1n) is 4.09. The van der Waals surface area contributed by atoms with Crippen LogP contribution in [0.25, 0.3) is 0 Å². The summed E-state index contributed by atoms with van der Waals surface area (Å²) < 4.78 is 0. The molecule has 1 heterocycles. The summed E-state index contributed by atoms with van der Waals surface area (Å²) in [6.07, 6.45) is 3.50. The van der Waals surface area contributed by atoms with E-state index in [1.165, 1.54) is 0 Å². The molecular formula is C11H11Cl2NPt. The van der Waals surface area contributed by atoms with Crippen molar-refractivity contribution in [1.82, 2.24) is 4.98 Å². The zero-order valence-corrected chi connectivity index (χ0v) is 11.7. The number of rotatable bonds is 0. The smallest absolute Gasteiger partial charge is 0.0267 e. The summed E-state index contributed by atoms with van der Waals surface area (Å²) in [6, 6.07) is 17.7. The summed E-state index contributed by atoms with van der Waals surface area (Å²) in [5.74, 6) is 0. The molecule has 0 bridgehead atoms. The molecule has 1 nitrogen and oxygen atoms in total. The van der Waals surface area contributed by atoms with Crippen LogP contribution in [0.2, 0.25) is 0 Å². The SMILES string of the molecule is [Cl][Pt][Cl].c1ccccc1.c1ccncc1. The van der Waals surface area contributed by atoms with Gasteiger partial charge in [-0.05, 0) is 12.1 Å². The molecule has 84 valence electrons. The van der Waals surface area contributed by atoms with Crippen LogP contribution in [-0.4, -0.2) is 4.98 Å². The third-order valence-corrected chi connectivity index (χ3v) is 1.23. The molecule has 0 saturated carbocycles. The first-order valence-corrected chi connectivity index (χ1v) is 9.72. The van der Waals surface area contributed by atoms with E-state index in [2.05, 4.69) is 4.98 Å². The maximum absolute atomic E-state index is 4.88. The molecule has 0 N–H and O–H groups in total. The largest absolute Gasteiger partial charge is 0.265 e. The molecule has 15 heavy (non-hydrogen) atoms. The molecule has 0 atom stereocenters. The Bertz CT molecular complexity index is 207. The molecule has 0 radical (unpaired) electrons. The number of benzene rings is 1. The van der Waals surface area contributed by atoms with Gasteiger partial charge >= 0.3 is 35.3 Å². The van der Waals surface area contributed by atoms with Crippen LogP contribution in [0.1, 0.15) is 0 Å². The summed E-state index contributed by atoms with van der Waals surface area (Å²) >= 11 is -0.472. The Balaban J connectivity index is 0.000000210. The fraction of sp³-hybridized carbons (Fsp3) is 0. The van der Waals surface area contributed by atoms with Crippen LogP contribution in [-0.2, 0) is 16.5 Å². The van der Waals surface area contributed by atoms with E-state index in [1.807, 2.05) is 54.6 Å². The van der Waals surface area contributed by atoms with Gasteiger partial charge in [0.25, 0.3) is 0 Å². The standard InChI is InChI=1S/C6H6.C5H5N.2ClH.Pt/c2*1-2-4-6-5-3-1;;;/h1-6H;1-5H;2*1H;/q;;;;+2/p-2. The maximum atomic E-state index is 4.88. The van der Waals surface area contributed by atoms with E-state index < -0.39 is 16.5 Å². The van der Waals surface area contributed by atoms with Crippen LogP contribution in [0, 0.1) is 0 Å². The van der Waals surface area contributed by atoms with Gasteiger partial charge in [-0.2, -0.15) is 0 Å². The predicted molar refractivity (Wildman–Crippen MR) is 62.4 cm³/mol. The third-order valence-electron chi connectivity index (χ3n) is 1.23. The Morgan fingerprint density at radius 1 is 0.600 bits per heavy atom. The number of pyridine rings is 1. The van der Waals surface area contributed by atoms with Crippen molar-refractivity contribution in [2.75, 3.05) is 0 Å². The zero-order valence-electron chi connectivity index (χ0n) is 7.87. The van der Waals surface area contributed by atoms with Crippen LogP contribution in [0.4, 0.5) is 0 Å². The maximum Gasteiger partial charge on any atom is 0.0267 e. The molecule has 2 aromatic rings. The van der Waals surface area contributed by atoms with E-state index >= 15 is 0 Å². The van der Waals surface area contributed by atoms with Gasteiger partial charge in [-0.15, -0.1) is 0 Å². The van der Waals surface area contributed by atoms with Gasteiger partial charge in [-0.25, -0.2) is 0 Å². The minimum absolute atomic E-state index is 0.472. The van der Waals surface area contributed by atoms with Crippen molar-refractivity contribution in [3.8, 4) is 0 Å². The van der Waals surface area contributed by atoms with Gasteiger partial charge in [-0.1, -0.05) is 42.5 Å². The van der Waals surface area contributed by atoms with Gasteiger partial charge in [0.05, 0.1) is 0 Å². The van der Waals surface area contributed by atoms with E-state index in [9.17, 15) is 0 Å². The minimum Gasteiger partial charge on any atom is -0.265 e. The molecule has 2 rings (SSSR count). The van der Waals surface area contributed by atoms with Gasteiger partial charge in [-0.3, -0.25) is 4.98 Å². The topological polar surface area (TPSA) is 12.9 Å². The van der Waals surface area contributed by atoms with E-state index in [1.54, 1.807) is 12.4 Å². The average molecular weight is 423 g/mol. The minimum atomic E-state index is -0.472. The number of halogens is 2. The van der Waals surface area contributed by atoms with Gasteiger partial charge in [0.1, 0.15) is 0 Å². The third kappa shape index (κ3) is 13.6. The summed E-state index contributed by atoms with van der Waals surface area (Å²) in [4.78, 5) is 3.78. The van der Waals surface area contributed by atoms with Crippen LogP contribution in [0.15, 0.2) is 67.0 Å². The van der Waals surface area contributed by atoms with Crippen molar-refractivity contribution in [3.05, 3.63) is 67.0 Å². The number of hydrogen-bond acceptors (Lipinski definition) is 1. The summed E-state index contributed by atoms with van der Waals surface area (Å²) in [6.45, 7) is 0. The van der Waals surface area contributed by atoms with Crippen molar-refractivity contribution in [2.24, 2.45) is 0 Å². The quantitative estimate of drug-likeness (QED) is 0.621. The molecule has 0 unspecified atom stereocenters. The molecule has 0 saturated heterocycles. The molecule has 4 heteroatoms. The Hall–Kier alpha value is -0.362. The Kier molecular flexibility index (Phi) is 13.3. The van der Waals surface area contributed by atoms with Crippen molar-refractivity contribution in [1.29, 1.82) is 0 Å². The molecular weight excluding hydrogens is 412 g/mol. The fourth-order valence-electron chi connectivity index (χ4n) is 0.698. The van der Waals surface area contributed by atoms with Gasteiger partial charge < -0.3 is 0 Å². The van der Waals surface area contributed by atoms with E-state index in [-0.39, 0.29) is 0 Å². The zero-order chi connectivity index (χ0) is 11.2. The molecule has 0 amide bonds. The van der Waals surface area contributed by atoms with Crippen LogP contribution in [0.3, 0.4) is 0 Å². The summed E-state index contributed by atoms with van der Waals surface area (Å²) in [7, 11) is 9.75. The Labute approximate surface area is 107 Å². The van der Waals surface area contributed by atoms with Crippen molar-refractivity contribution >= 4 is 18.8 Å². The second kappa shape index (κ2) is 13.6. The normalized spacial score (nSPS) is 7.87. The number of nitrogens with zero attached hydrogens (tertiary/aromatic N) is 1. The first-order chi connectivity index (χ1) is 7.41. The van der Waals surface area contributed by atoms with Crippen LogP contribution >= 0.6 is 18.8 Å². The molecule has 0 aliphatic carbocycles. The van der Waals surface area contributed by atoms with Crippen LogP contribution < -0.4 is 0 Å². The van der Waals surface area contributed by atoms with E-state index in [0.717, 1.165) is 0 Å². The fourth-order valence-corrected chi connectivity index (χ4v) is 0.698. The molecule has 0 aliphatic rings. The molecule has 0 fully saturated rings. The predicted octanol–water partition coefficient (Wildman–Crippen LogP) is 4.14. The summed E-state index contributed by atoms with van der Waals surface area (Å²) in [5, 5.41) is 0. The van der Waals surface area contributed by atoms with Crippen molar-refractivity contribution < 1.29 is 16.5 Å². The van der Waals surface area contributed by atoms with Crippen molar-refractivity contribution in [3.63, 3.8) is 0 Å². The second-order valence-electron chi connectivity index (χ2n) is 2.22. The molecule has 1 aromatic carbocycles. The first kappa shape index (κ1) is 14.6. The number of aromatic nitrogens is 1. The molecule has 1 aromatic heterocycles. The van der Waals surface area contributed by atoms with Gasteiger partial charge in [0.15, 0.2) is 0 Å². The monoisotopic (exact) mass is 422 g/mol. The van der Waals surface area contributed by atoms with E-state index in [4.69, 9.17) is 18.8 Å². The molecule has 0 spiro atoms.